The number of amides is 1. The van der Waals surface area contributed by atoms with Crippen molar-refractivity contribution in [3.05, 3.63) is 0 Å². The molecule has 0 aromatic rings. The summed E-state index contributed by atoms with van der Waals surface area (Å²) < 4.78 is 5.46. The molecule has 2 saturated heterocycles. The second-order valence-electron chi connectivity index (χ2n) is 6.21. The van der Waals surface area contributed by atoms with Crippen LogP contribution in [0.5, 0.6) is 0 Å². The summed E-state index contributed by atoms with van der Waals surface area (Å²) in [6, 6.07) is 0.520. The molecule has 4 nitrogen and oxygen atoms in total. The van der Waals surface area contributed by atoms with Gasteiger partial charge < -0.3 is 14.7 Å². The van der Waals surface area contributed by atoms with E-state index in [4.69, 9.17) is 4.74 Å². The molecule has 1 N–H and O–H groups in total. The normalized spacial score (nSPS) is 32.7. The van der Waals surface area contributed by atoms with Crippen LogP contribution in [0.2, 0.25) is 0 Å². The molecule has 0 aromatic heterocycles. The zero-order valence-corrected chi connectivity index (χ0v) is 11.0. The Morgan fingerprint density at radius 2 is 1.94 bits per heavy atom. The monoisotopic (exact) mass is 241 g/mol. The SMILES string of the molecule is CC(C)(C)OC(=O)N1C2CC[C@H]1CC[C@@H]2CO. The third-order valence-corrected chi connectivity index (χ3v) is 3.80. The summed E-state index contributed by atoms with van der Waals surface area (Å²) in [7, 11) is 0. The molecule has 2 heterocycles. The summed E-state index contributed by atoms with van der Waals surface area (Å²) in [5, 5.41) is 9.36. The van der Waals surface area contributed by atoms with Gasteiger partial charge in [-0.05, 0) is 46.5 Å². The summed E-state index contributed by atoms with van der Waals surface area (Å²) in [5.41, 5.74) is -0.442. The lowest BCUT2D eigenvalue weighted by atomic mass is 9.91. The van der Waals surface area contributed by atoms with Crippen LogP contribution in [0.15, 0.2) is 0 Å². The van der Waals surface area contributed by atoms with Crippen molar-refractivity contribution in [2.75, 3.05) is 6.61 Å². The molecule has 1 amide bonds. The molecule has 0 aromatic carbocycles. The summed E-state index contributed by atoms with van der Waals surface area (Å²) in [4.78, 5) is 14.0. The Morgan fingerprint density at radius 3 is 2.53 bits per heavy atom. The number of aliphatic hydroxyl groups is 1. The Bertz CT molecular complexity index is 298. The van der Waals surface area contributed by atoms with Crippen LogP contribution < -0.4 is 0 Å². The van der Waals surface area contributed by atoms with Crippen LogP contribution in [-0.4, -0.2) is 40.4 Å². The van der Waals surface area contributed by atoms with Gasteiger partial charge in [-0.2, -0.15) is 0 Å². The predicted molar refractivity (Wildman–Crippen MR) is 64.7 cm³/mol. The van der Waals surface area contributed by atoms with Crippen molar-refractivity contribution < 1.29 is 14.6 Å². The first-order chi connectivity index (χ1) is 7.92. The lowest BCUT2D eigenvalue weighted by Gasteiger charge is -2.39. The van der Waals surface area contributed by atoms with E-state index >= 15 is 0 Å². The van der Waals surface area contributed by atoms with Crippen molar-refractivity contribution in [1.29, 1.82) is 0 Å². The van der Waals surface area contributed by atoms with Crippen molar-refractivity contribution in [1.82, 2.24) is 4.90 Å². The molecule has 0 radical (unpaired) electrons. The molecule has 2 aliphatic heterocycles. The van der Waals surface area contributed by atoms with Gasteiger partial charge in [0.15, 0.2) is 0 Å². The molecule has 2 aliphatic rings. The Balaban J connectivity index is 2.07. The highest BCUT2D eigenvalue weighted by Crippen LogP contribution is 2.39. The van der Waals surface area contributed by atoms with Gasteiger partial charge in [0.1, 0.15) is 5.60 Å². The molecule has 0 spiro atoms. The molecule has 2 fully saturated rings. The number of rotatable bonds is 1. The molecule has 3 atom stereocenters. The Labute approximate surface area is 103 Å². The van der Waals surface area contributed by atoms with Gasteiger partial charge in [-0.1, -0.05) is 0 Å². The first-order valence-corrected chi connectivity index (χ1v) is 6.54. The molecule has 17 heavy (non-hydrogen) atoms. The van der Waals surface area contributed by atoms with E-state index in [2.05, 4.69) is 0 Å². The zero-order valence-electron chi connectivity index (χ0n) is 11.0. The minimum absolute atomic E-state index is 0.177. The van der Waals surface area contributed by atoms with Gasteiger partial charge in [0.2, 0.25) is 0 Å². The van der Waals surface area contributed by atoms with Crippen LogP contribution >= 0.6 is 0 Å². The van der Waals surface area contributed by atoms with Crippen LogP contribution in [0.25, 0.3) is 0 Å². The number of piperidine rings is 1. The van der Waals surface area contributed by atoms with Crippen LogP contribution in [0.3, 0.4) is 0 Å². The molecular weight excluding hydrogens is 218 g/mol. The average molecular weight is 241 g/mol. The molecule has 2 bridgehead atoms. The number of nitrogens with zero attached hydrogens (tertiary/aromatic N) is 1. The van der Waals surface area contributed by atoms with Crippen molar-refractivity contribution in [3.8, 4) is 0 Å². The molecule has 98 valence electrons. The predicted octanol–water partition coefficient (Wildman–Crippen LogP) is 2.16. The standard InChI is InChI=1S/C13H23NO3/c1-13(2,3)17-12(16)14-10-5-4-9(8-15)11(14)7-6-10/h9-11,15H,4-8H2,1-3H3/t9-,10-,11?/m1/s1. The number of ether oxygens (including phenoxy) is 1. The quantitative estimate of drug-likeness (QED) is 0.765. The van der Waals surface area contributed by atoms with E-state index in [1.54, 1.807) is 0 Å². The maximum atomic E-state index is 12.2. The van der Waals surface area contributed by atoms with Crippen molar-refractivity contribution >= 4 is 6.09 Å². The van der Waals surface area contributed by atoms with Gasteiger partial charge in [-0.15, -0.1) is 0 Å². The number of fused-ring (bicyclic) bond motifs is 2. The van der Waals surface area contributed by atoms with Gasteiger partial charge in [0.25, 0.3) is 0 Å². The highest BCUT2D eigenvalue weighted by molar-refractivity contribution is 5.69. The molecule has 2 rings (SSSR count). The first kappa shape index (κ1) is 12.7. The van der Waals surface area contributed by atoms with E-state index in [0.717, 1.165) is 25.7 Å². The first-order valence-electron chi connectivity index (χ1n) is 6.54. The highest BCUT2D eigenvalue weighted by atomic mass is 16.6. The van der Waals surface area contributed by atoms with Crippen molar-refractivity contribution in [2.45, 2.75) is 64.1 Å². The number of aliphatic hydroxyl groups excluding tert-OH is 1. The van der Waals surface area contributed by atoms with E-state index in [1.165, 1.54) is 0 Å². The third kappa shape index (κ3) is 2.57. The fourth-order valence-corrected chi connectivity index (χ4v) is 3.07. The van der Waals surface area contributed by atoms with Crippen molar-refractivity contribution in [3.63, 3.8) is 0 Å². The van der Waals surface area contributed by atoms with E-state index in [9.17, 15) is 9.90 Å². The second kappa shape index (κ2) is 4.48. The van der Waals surface area contributed by atoms with Crippen LogP contribution in [0.4, 0.5) is 4.79 Å². The maximum absolute atomic E-state index is 12.2. The summed E-state index contributed by atoms with van der Waals surface area (Å²) in [5.74, 6) is 0.237. The van der Waals surface area contributed by atoms with Gasteiger partial charge in [0, 0.05) is 24.6 Å². The number of hydrogen-bond donors (Lipinski definition) is 1. The topological polar surface area (TPSA) is 49.8 Å². The lowest BCUT2D eigenvalue weighted by Crippen LogP contribution is -2.50. The van der Waals surface area contributed by atoms with E-state index < -0.39 is 5.60 Å². The molecule has 0 aliphatic carbocycles. The minimum atomic E-state index is -0.442. The lowest BCUT2D eigenvalue weighted by molar-refractivity contribution is -0.00717. The second-order valence-corrected chi connectivity index (χ2v) is 6.21. The molecule has 1 unspecified atom stereocenters. The summed E-state index contributed by atoms with van der Waals surface area (Å²) in [6.45, 7) is 5.84. The smallest absolute Gasteiger partial charge is 0.410 e. The Hall–Kier alpha value is -0.770. The van der Waals surface area contributed by atoms with Gasteiger partial charge in [-0.25, -0.2) is 4.79 Å². The van der Waals surface area contributed by atoms with Crippen LogP contribution in [-0.2, 0) is 4.74 Å². The number of carbonyl (C=O) groups excluding carboxylic acids is 1. The van der Waals surface area contributed by atoms with E-state index in [0.29, 0.717) is 6.04 Å². The Morgan fingerprint density at radius 1 is 1.29 bits per heavy atom. The van der Waals surface area contributed by atoms with Crippen LogP contribution in [0.1, 0.15) is 46.5 Å². The number of hydrogen-bond acceptors (Lipinski definition) is 3. The molecular formula is C13H23NO3. The van der Waals surface area contributed by atoms with E-state index in [-0.39, 0.29) is 24.7 Å². The molecule has 4 heteroatoms. The molecule has 0 saturated carbocycles. The third-order valence-electron chi connectivity index (χ3n) is 3.80. The minimum Gasteiger partial charge on any atom is -0.444 e. The van der Waals surface area contributed by atoms with Crippen molar-refractivity contribution in [2.24, 2.45) is 5.92 Å². The van der Waals surface area contributed by atoms with Gasteiger partial charge >= 0.3 is 6.09 Å². The number of carbonyl (C=O) groups is 1. The summed E-state index contributed by atoms with van der Waals surface area (Å²) >= 11 is 0. The average Bonchev–Trinajstić information content (AvgIpc) is 2.52. The van der Waals surface area contributed by atoms with Gasteiger partial charge in [0.05, 0.1) is 0 Å². The van der Waals surface area contributed by atoms with E-state index in [1.807, 2.05) is 25.7 Å². The van der Waals surface area contributed by atoms with Gasteiger partial charge in [-0.3, -0.25) is 0 Å². The maximum Gasteiger partial charge on any atom is 0.410 e. The van der Waals surface area contributed by atoms with Crippen LogP contribution in [0, 0.1) is 5.92 Å². The summed E-state index contributed by atoms with van der Waals surface area (Å²) in [6.07, 6.45) is 3.89. The zero-order chi connectivity index (χ0) is 12.6. The fraction of sp³-hybridized carbons (Fsp3) is 0.923. The largest absolute Gasteiger partial charge is 0.444 e. The Kier molecular flexibility index (Phi) is 3.34. The fourth-order valence-electron chi connectivity index (χ4n) is 3.07. The highest BCUT2D eigenvalue weighted by Gasteiger charge is 2.45.